The Labute approximate surface area is 179 Å². The van der Waals surface area contributed by atoms with Gasteiger partial charge in [-0.2, -0.15) is 9.90 Å². The fraction of sp³-hybridized carbons (Fsp3) is 0.136. The lowest BCUT2D eigenvalue weighted by Crippen LogP contribution is -2.13. The molecule has 0 aliphatic heterocycles. The van der Waals surface area contributed by atoms with E-state index in [2.05, 4.69) is 36.1 Å². The van der Waals surface area contributed by atoms with Crippen molar-refractivity contribution in [2.75, 3.05) is 22.5 Å². The average molecular weight is 414 g/mol. The number of nitrogens with zero attached hydrogens (tertiary/aromatic N) is 5. The van der Waals surface area contributed by atoms with E-state index >= 15 is 0 Å². The number of benzene rings is 2. The van der Waals surface area contributed by atoms with E-state index in [0.29, 0.717) is 17.3 Å². The van der Waals surface area contributed by atoms with E-state index in [1.807, 2.05) is 62.4 Å². The summed E-state index contributed by atoms with van der Waals surface area (Å²) < 4.78 is 0. The normalized spacial score (nSPS) is 10.5. The highest BCUT2D eigenvalue weighted by Crippen LogP contribution is 2.20. The van der Waals surface area contributed by atoms with Crippen molar-refractivity contribution < 1.29 is 4.79 Å². The van der Waals surface area contributed by atoms with Crippen LogP contribution in [0, 0.1) is 6.92 Å². The molecule has 2 heterocycles. The van der Waals surface area contributed by atoms with E-state index in [4.69, 9.17) is 0 Å². The number of carbonyl (C=O) groups is 1. The Kier molecular flexibility index (Phi) is 5.84. The molecule has 0 unspecified atom stereocenters. The Balaban J connectivity index is 1.41. The molecule has 31 heavy (non-hydrogen) atoms. The molecule has 0 spiro atoms. The molecule has 0 atom stereocenters. The van der Waals surface area contributed by atoms with Crippen LogP contribution in [0.5, 0.6) is 0 Å². The van der Waals surface area contributed by atoms with Crippen LogP contribution in [0.1, 0.15) is 23.2 Å². The monoisotopic (exact) mass is 414 g/mol. The molecule has 4 aromatic rings. The van der Waals surface area contributed by atoms with Crippen molar-refractivity contribution >= 4 is 28.9 Å². The molecule has 0 aliphatic carbocycles. The van der Waals surface area contributed by atoms with Crippen LogP contribution in [-0.4, -0.2) is 37.4 Å². The first-order valence-electron chi connectivity index (χ1n) is 9.86. The van der Waals surface area contributed by atoms with Crippen LogP contribution in [0.4, 0.5) is 23.0 Å². The molecule has 3 N–H and O–H groups in total. The zero-order valence-corrected chi connectivity index (χ0v) is 17.2. The Hall–Kier alpha value is -4.27. The molecule has 0 saturated carbocycles. The van der Waals surface area contributed by atoms with E-state index in [0.717, 1.165) is 23.7 Å². The first kappa shape index (κ1) is 20.0. The van der Waals surface area contributed by atoms with Gasteiger partial charge >= 0.3 is 0 Å². The maximum Gasteiger partial charge on any atom is 0.277 e. The highest BCUT2D eigenvalue weighted by Gasteiger charge is 2.12. The van der Waals surface area contributed by atoms with Crippen molar-refractivity contribution in [3.8, 4) is 5.69 Å². The van der Waals surface area contributed by atoms with Gasteiger partial charge in [0.2, 0.25) is 0 Å². The lowest BCUT2D eigenvalue weighted by molar-refractivity contribution is 0.102. The molecular formula is C22H22N8O. The molecule has 9 nitrogen and oxygen atoms in total. The fourth-order valence-electron chi connectivity index (χ4n) is 2.94. The molecule has 2 aromatic carbocycles. The maximum atomic E-state index is 12.5. The van der Waals surface area contributed by atoms with E-state index in [9.17, 15) is 4.79 Å². The summed E-state index contributed by atoms with van der Waals surface area (Å²) >= 11 is 0. The third kappa shape index (κ3) is 5.02. The number of anilines is 4. The van der Waals surface area contributed by atoms with Crippen molar-refractivity contribution in [2.24, 2.45) is 0 Å². The third-order valence-corrected chi connectivity index (χ3v) is 4.32. The number of amides is 1. The van der Waals surface area contributed by atoms with E-state index in [1.54, 1.807) is 12.1 Å². The molecule has 0 saturated heterocycles. The Morgan fingerprint density at radius 2 is 1.68 bits per heavy atom. The molecule has 4 rings (SSSR count). The second-order valence-corrected chi connectivity index (χ2v) is 6.73. The largest absolute Gasteiger partial charge is 0.370 e. The number of para-hydroxylation sites is 1. The van der Waals surface area contributed by atoms with Crippen molar-refractivity contribution in [3.05, 3.63) is 78.4 Å². The number of hydrogen-bond acceptors (Lipinski definition) is 7. The van der Waals surface area contributed by atoms with Crippen molar-refractivity contribution in [2.45, 2.75) is 13.8 Å². The van der Waals surface area contributed by atoms with Crippen LogP contribution in [-0.2, 0) is 0 Å². The number of aromatic nitrogens is 5. The summed E-state index contributed by atoms with van der Waals surface area (Å²) in [6.07, 6.45) is 1.44. The summed E-state index contributed by atoms with van der Waals surface area (Å²) in [5.74, 6) is 1.81. The van der Waals surface area contributed by atoms with Crippen LogP contribution in [0.25, 0.3) is 5.69 Å². The van der Waals surface area contributed by atoms with Crippen LogP contribution >= 0.6 is 0 Å². The smallest absolute Gasteiger partial charge is 0.277 e. The summed E-state index contributed by atoms with van der Waals surface area (Å²) in [6.45, 7) is 4.64. The lowest BCUT2D eigenvalue weighted by atomic mass is 10.2. The highest BCUT2D eigenvalue weighted by molar-refractivity contribution is 6.02. The Morgan fingerprint density at radius 3 is 2.42 bits per heavy atom. The third-order valence-electron chi connectivity index (χ3n) is 4.32. The van der Waals surface area contributed by atoms with E-state index < -0.39 is 0 Å². The van der Waals surface area contributed by atoms with Gasteiger partial charge in [0, 0.05) is 24.0 Å². The quantitative estimate of drug-likeness (QED) is 0.422. The van der Waals surface area contributed by atoms with Crippen molar-refractivity contribution in [1.29, 1.82) is 0 Å². The minimum absolute atomic E-state index is 0.235. The zero-order valence-electron chi connectivity index (χ0n) is 17.2. The Morgan fingerprint density at radius 1 is 0.968 bits per heavy atom. The predicted octanol–water partition coefficient (Wildman–Crippen LogP) is 3.79. The number of nitrogens with one attached hydrogen (secondary N) is 3. The molecule has 2 aromatic heterocycles. The van der Waals surface area contributed by atoms with Gasteiger partial charge in [-0.15, -0.1) is 5.10 Å². The SMILES string of the molecule is CCNc1cc(Nc2ccc(NC(=O)c3cnn(-c4ccccc4)n3)cc2)nc(C)n1. The van der Waals surface area contributed by atoms with Gasteiger partial charge in [0.1, 0.15) is 17.5 Å². The van der Waals surface area contributed by atoms with Gasteiger partial charge in [-0.25, -0.2) is 9.97 Å². The molecular weight excluding hydrogens is 392 g/mol. The summed E-state index contributed by atoms with van der Waals surface area (Å²) in [4.78, 5) is 22.7. The van der Waals surface area contributed by atoms with Crippen LogP contribution in [0.3, 0.4) is 0 Å². The van der Waals surface area contributed by atoms with Crippen LogP contribution < -0.4 is 16.0 Å². The first-order chi connectivity index (χ1) is 15.1. The number of rotatable bonds is 7. The molecule has 1 amide bonds. The molecule has 0 radical (unpaired) electrons. The molecule has 156 valence electrons. The number of hydrogen-bond donors (Lipinski definition) is 3. The summed E-state index contributed by atoms with van der Waals surface area (Å²) in [6, 6.07) is 18.6. The average Bonchev–Trinajstić information content (AvgIpc) is 3.26. The topological polar surface area (TPSA) is 110 Å². The zero-order chi connectivity index (χ0) is 21.6. The maximum absolute atomic E-state index is 12.5. The van der Waals surface area contributed by atoms with Crippen LogP contribution in [0.15, 0.2) is 66.9 Å². The molecule has 0 bridgehead atoms. The highest BCUT2D eigenvalue weighted by atomic mass is 16.2. The summed E-state index contributed by atoms with van der Waals surface area (Å²) in [5, 5.41) is 17.7. The first-order valence-corrected chi connectivity index (χ1v) is 9.86. The van der Waals surface area contributed by atoms with Gasteiger partial charge in [0.25, 0.3) is 5.91 Å². The van der Waals surface area contributed by atoms with Gasteiger partial charge < -0.3 is 16.0 Å². The van der Waals surface area contributed by atoms with Crippen LogP contribution in [0.2, 0.25) is 0 Å². The van der Waals surface area contributed by atoms with Gasteiger partial charge in [-0.05, 0) is 50.2 Å². The second-order valence-electron chi connectivity index (χ2n) is 6.73. The van der Waals surface area contributed by atoms with Crippen molar-refractivity contribution in [1.82, 2.24) is 25.0 Å². The van der Waals surface area contributed by atoms with Gasteiger partial charge in [0.15, 0.2) is 5.69 Å². The molecule has 9 heteroatoms. The van der Waals surface area contributed by atoms with E-state index in [-0.39, 0.29) is 11.6 Å². The standard InChI is InChI=1S/C22H22N8O/c1-3-23-20-13-21(26-15(2)25-20)27-16-9-11-17(12-10-16)28-22(31)19-14-24-30(29-19)18-7-5-4-6-8-18/h4-14H,3H2,1-2H3,(H,28,31)(H2,23,25,26,27). The summed E-state index contributed by atoms with van der Waals surface area (Å²) in [7, 11) is 0. The summed E-state index contributed by atoms with van der Waals surface area (Å²) in [5.41, 5.74) is 2.51. The Bertz CT molecular complexity index is 1170. The minimum atomic E-state index is -0.329. The number of aryl methyl sites for hydroxylation is 1. The number of carbonyl (C=O) groups excluding carboxylic acids is 1. The van der Waals surface area contributed by atoms with Gasteiger partial charge in [0.05, 0.1) is 11.9 Å². The van der Waals surface area contributed by atoms with E-state index in [1.165, 1.54) is 11.0 Å². The fourth-order valence-corrected chi connectivity index (χ4v) is 2.94. The second kappa shape index (κ2) is 9.04. The minimum Gasteiger partial charge on any atom is -0.370 e. The molecule has 0 aliphatic rings. The predicted molar refractivity (Wildman–Crippen MR) is 120 cm³/mol. The van der Waals surface area contributed by atoms with Crippen molar-refractivity contribution in [3.63, 3.8) is 0 Å². The van der Waals surface area contributed by atoms with Gasteiger partial charge in [-0.3, -0.25) is 4.79 Å². The van der Waals surface area contributed by atoms with Gasteiger partial charge in [-0.1, -0.05) is 18.2 Å². The lowest BCUT2D eigenvalue weighted by Gasteiger charge is -2.10. The molecule has 0 fully saturated rings.